The molecule has 3 amide bonds. The number of nitrogens with zero attached hydrogens (tertiary/aromatic N) is 3. The van der Waals surface area contributed by atoms with Crippen LogP contribution in [0.4, 0.5) is 4.79 Å². The predicted molar refractivity (Wildman–Crippen MR) is 79.6 cm³/mol. The summed E-state index contributed by atoms with van der Waals surface area (Å²) in [5, 5.41) is 0.402. The van der Waals surface area contributed by atoms with E-state index in [1.165, 1.54) is 4.90 Å². The summed E-state index contributed by atoms with van der Waals surface area (Å²) in [5.41, 5.74) is 6.09. The number of pyridine rings is 1. The molecule has 0 spiro atoms. The summed E-state index contributed by atoms with van der Waals surface area (Å²) < 4.78 is 0. The zero-order chi connectivity index (χ0) is 15.4. The Balaban J connectivity index is 1.99. The number of carbonyl (C=O) groups is 2. The van der Waals surface area contributed by atoms with E-state index in [2.05, 4.69) is 4.98 Å². The Bertz CT molecular complexity index is 537. The zero-order valence-electron chi connectivity index (χ0n) is 12.0. The molecule has 7 heteroatoms. The van der Waals surface area contributed by atoms with E-state index in [1.54, 1.807) is 24.2 Å². The van der Waals surface area contributed by atoms with E-state index in [-0.39, 0.29) is 11.8 Å². The SMILES string of the molecule is CN(Cc1cccnc1Cl)C(=O)[C@@H]1CCCN(C(N)=O)C1. The van der Waals surface area contributed by atoms with Crippen LogP contribution in [0.3, 0.4) is 0 Å². The molecular weight excluding hydrogens is 292 g/mol. The molecule has 0 unspecified atom stereocenters. The van der Waals surface area contributed by atoms with Gasteiger partial charge in [-0.25, -0.2) is 9.78 Å². The van der Waals surface area contributed by atoms with Gasteiger partial charge in [-0.2, -0.15) is 0 Å². The van der Waals surface area contributed by atoms with Crippen molar-refractivity contribution < 1.29 is 9.59 Å². The van der Waals surface area contributed by atoms with Crippen LogP contribution in [0.25, 0.3) is 0 Å². The maximum absolute atomic E-state index is 12.5. The minimum atomic E-state index is -0.467. The predicted octanol–water partition coefficient (Wildman–Crippen LogP) is 1.48. The van der Waals surface area contributed by atoms with E-state index in [1.807, 2.05) is 6.07 Å². The molecule has 0 saturated carbocycles. The van der Waals surface area contributed by atoms with Crippen LogP contribution in [-0.2, 0) is 11.3 Å². The largest absolute Gasteiger partial charge is 0.351 e. The molecule has 0 aliphatic carbocycles. The van der Waals surface area contributed by atoms with Crippen molar-refractivity contribution >= 4 is 23.5 Å². The Hall–Kier alpha value is -1.82. The third kappa shape index (κ3) is 3.85. The topological polar surface area (TPSA) is 79.5 Å². The second-order valence-corrected chi connectivity index (χ2v) is 5.63. The fourth-order valence-electron chi connectivity index (χ4n) is 2.56. The zero-order valence-corrected chi connectivity index (χ0v) is 12.7. The van der Waals surface area contributed by atoms with Crippen LogP contribution in [0.1, 0.15) is 18.4 Å². The lowest BCUT2D eigenvalue weighted by atomic mass is 9.96. The third-order valence-electron chi connectivity index (χ3n) is 3.70. The molecule has 1 atom stereocenters. The number of nitrogens with two attached hydrogens (primary N) is 1. The Kier molecular flexibility index (Phi) is 5.01. The van der Waals surface area contributed by atoms with Gasteiger partial charge in [-0.1, -0.05) is 17.7 Å². The van der Waals surface area contributed by atoms with E-state index < -0.39 is 6.03 Å². The van der Waals surface area contributed by atoms with Crippen molar-refractivity contribution in [2.45, 2.75) is 19.4 Å². The molecule has 0 bridgehead atoms. The molecule has 2 N–H and O–H groups in total. The van der Waals surface area contributed by atoms with Crippen molar-refractivity contribution in [3.05, 3.63) is 29.0 Å². The number of urea groups is 1. The average molecular weight is 311 g/mol. The fourth-order valence-corrected chi connectivity index (χ4v) is 2.74. The minimum absolute atomic E-state index is 0.000805. The molecule has 2 rings (SSSR count). The molecule has 114 valence electrons. The van der Waals surface area contributed by atoms with Gasteiger partial charge in [0.25, 0.3) is 0 Å². The van der Waals surface area contributed by atoms with Gasteiger partial charge in [-0.3, -0.25) is 4.79 Å². The van der Waals surface area contributed by atoms with Crippen LogP contribution in [-0.4, -0.2) is 46.9 Å². The Morgan fingerprint density at radius 1 is 1.57 bits per heavy atom. The molecule has 1 aliphatic rings. The number of piperidine rings is 1. The number of amides is 3. The van der Waals surface area contributed by atoms with Gasteiger partial charge in [-0.05, 0) is 18.9 Å². The van der Waals surface area contributed by atoms with Gasteiger partial charge in [0.2, 0.25) is 5.91 Å². The lowest BCUT2D eigenvalue weighted by molar-refractivity contribution is -0.136. The maximum atomic E-state index is 12.5. The van der Waals surface area contributed by atoms with Crippen molar-refractivity contribution in [3.8, 4) is 0 Å². The summed E-state index contributed by atoms with van der Waals surface area (Å²) in [6.45, 7) is 1.41. The number of aromatic nitrogens is 1. The second kappa shape index (κ2) is 6.76. The highest BCUT2D eigenvalue weighted by molar-refractivity contribution is 6.30. The maximum Gasteiger partial charge on any atom is 0.314 e. The van der Waals surface area contributed by atoms with Gasteiger partial charge in [0, 0.05) is 38.4 Å². The summed E-state index contributed by atoms with van der Waals surface area (Å²) in [5.74, 6) is -0.201. The van der Waals surface area contributed by atoms with Gasteiger partial charge < -0.3 is 15.5 Å². The number of primary amides is 1. The molecule has 6 nitrogen and oxygen atoms in total. The molecule has 21 heavy (non-hydrogen) atoms. The van der Waals surface area contributed by atoms with E-state index >= 15 is 0 Å². The molecule has 1 saturated heterocycles. The summed E-state index contributed by atoms with van der Waals surface area (Å²) in [6.07, 6.45) is 3.17. The monoisotopic (exact) mass is 310 g/mol. The van der Waals surface area contributed by atoms with Crippen LogP contribution in [0, 0.1) is 5.92 Å². The van der Waals surface area contributed by atoms with Crippen LogP contribution < -0.4 is 5.73 Å². The second-order valence-electron chi connectivity index (χ2n) is 5.27. The molecule has 1 aromatic heterocycles. The van der Waals surface area contributed by atoms with Crippen molar-refractivity contribution in [2.75, 3.05) is 20.1 Å². The van der Waals surface area contributed by atoms with Crippen molar-refractivity contribution in [3.63, 3.8) is 0 Å². The van der Waals surface area contributed by atoms with Crippen LogP contribution in [0.2, 0.25) is 5.15 Å². The first-order valence-electron chi connectivity index (χ1n) is 6.87. The normalized spacial score (nSPS) is 18.4. The van der Waals surface area contributed by atoms with Crippen LogP contribution in [0.5, 0.6) is 0 Å². The summed E-state index contributed by atoms with van der Waals surface area (Å²) in [7, 11) is 1.73. The molecule has 2 heterocycles. The first kappa shape index (κ1) is 15.6. The number of halogens is 1. The van der Waals surface area contributed by atoms with E-state index in [0.29, 0.717) is 24.8 Å². The smallest absolute Gasteiger partial charge is 0.314 e. The summed E-state index contributed by atoms with van der Waals surface area (Å²) in [6, 6.07) is 3.16. The first-order chi connectivity index (χ1) is 9.99. The molecular formula is C14H19ClN4O2. The van der Waals surface area contributed by atoms with Gasteiger partial charge in [0.05, 0.1) is 5.92 Å². The number of hydrogen-bond acceptors (Lipinski definition) is 3. The van der Waals surface area contributed by atoms with Crippen molar-refractivity contribution in [1.82, 2.24) is 14.8 Å². The van der Waals surface area contributed by atoms with E-state index in [0.717, 1.165) is 18.4 Å². The summed E-state index contributed by atoms with van der Waals surface area (Å²) in [4.78, 5) is 30.8. The van der Waals surface area contributed by atoms with Crippen LogP contribution >= 0.6 is 11.6 Å². The fraction of sp³-hybridized carbons (Fsp3) is 0.500. The lowest BCUT2D eigenvalue weighted by Gasteiger charge is -2.33. The Morgan fingerprint density at radius 3 is 3.00 bits per heavy atom. The highest BCUT2D eigenvalue weighted by atomic mass is 35.5. The third-order valence-corrected chi connectivity index (χ3v) is 4.04. The number of rotatable bonds is 3. The van der Waals surface area contributed by atoms with E-state index in [4.69, 9.17) is 17.3 Å². The highest BCUT2D eigenvalue weighted by Crippen LogP contribution is 2.20. The first-order valence-corrected chi connectivity index (χ1v) is 7.25. The molecule has 1 aromatic rings. The van der Waals surface area contributed by atoms with Crippen LogP contribution in [0.15, 0.2) is 18.3 Å². The van der Waals surface area contributed by atoms with E-state index in [9.17, 15) is 9.59 Å². The van der Waals surface area contributed by atoms with Gasteiger partial charge in [-0.15, -0.1) is 0 Å². The molecule has 0 radical (unpaired) electrons. The number of likely N-dealkylation sites (tertiary alicyclic amines) is 1. The van der Waals surface area contributed by atoms with Gasteiger partial charge in [0.1, 0.15) is 5.15 Å². The minimum Gasteiger partial charge on any atom is -0.351 e. The van der Waals surface area contributed by atoms with Crippen molar-refractivity contribution in [1.29, 1.82) is 0 Å². The number of hydrogen-bond donors (Lipinski definition) is 1. The molecule has 1 fully saturated rings. The van der Waals surface area contributed by atoms with Crippen molar-refractivity contribution in [2.24, 2.45) is 11.7 Å². The molecule has 0 aromatic carbocycles. The quantitative estimate of drug-likeness (QED) is 0.859. The Labute approximate surface area is 128 Å². The Morgan fingerprint density at radius 2 is 2.33 bits per heavy atom. The highest BCUT2D eigenvalue weighted by Gasteiger charge is 2.29. The molecule has 1 aliphatic heterocycles. The average Bonchev–Trinajstić information content (AvgIpc) is 2.49. The summed E-state index contributed by atoms with van der Waals surface area (Å²) >= 11 is 6.01. The van der Waals surface area contributed by atoms with Gasteiger partial charge in [0.15, 0.2) is 0 Å². The van der Waals surface area contributed by atoms with Gasteiger partial charge >= 0.3 is 6.03 Å². The lowest BCUT2D eigenvalue weighted by Crippen LogP contribution is -2.47. The number of carbonyl (C=O) groups excluding carboxylic acids is 2. The standard InChI is InChI=1S/C14H19ClN4O2/c1-18(8-10-4-2-6-17-12(10)15)13(20)11-5-3-7-19(9-11)14(16)21/h2,4,6,11H,3,5,7-9H2,1H3,(H2,16,21)/t11-/m1/s1.